The minimum absolute atomic E-state index is 0. The van der Waals surface area contributed by atoms with Gasteiger partial charge in [0.25, 0.3) is 0 Å². The van der Waals surface area contributed by atoms with E-state index in [-0.39, 0.29) is 56.9 Å². The zero-order valence-corrected chi connectivity index (χ0v) is 3.73. The van der Waals surface area contributed by atoms with Crippen LogP contribution in [0.3, 0.4) is 0 Å². The van der Waals surface area contributed by atoms with Gasteiger partial charge in [0, 0.05) is 28.3 Å². The van der Waals surface area contributed by atoms with Gasteiger partial charge in [-0.15, -0.1) is 0 Å². The summed E-state index contributed by atoms with van der Waals surface area (Å²) in [6.07, 6.45) is 0. The van der Waals surface area contributed by atoms with E-state index in [4.69, 9.17) is 0 Å². The molecule has 19 valence electrons. The van der Waals surface area contributed by atoms with Crippen LogP contribution < -0.4 is 0 Å². The van der Waals surface area contributed by atoms with Gasteiger partial charge in [0.05, 0.1) is 0 Å². The van der Waals surface area contributed by atoms with Crippen molar-refractivity contribution < 1.29 is 5.48 Å². The summed E-state index contributed by atoms with van der Waals surface area (Å²) < 4.78 is 0. The molecule has 4 heavy (non-hydrogen) atoms. The summed E-state index contributed by atoms with van der Waals surface area (Å²) in [4.78, 5) is 0. The first-order valence-electron chi connectivity index (χ1n) is 0. The molecule has 0 amide bonds. The topological polar surface area (TPSA) is 31.5 Å². The molecule has 0 aliphatic rings. The molecule has 0 spiro atoms. The predicted molar refractivity (Wildman–Crippen MR) is 23.7 cm³/mol. The highest BCUT2D eigenvalue weighted by molar-refractivity contribution is 5.76. The molecule has 7 radical (unpaired) electrons. The van der Waals surface area contributed by atoms with Gasteiger partial charge in [-0.25, -0.2) is 0 Å². The second-order valence-electron chi connectivity index (χ2n) is 0. The first-order valence-corrected chi connectivity index (χ1v) is 0. The van der Waals surface area contributed by atoms with Crippen molar-refractivity contribution in [2.24, 2.45) is 0 Å². The zero-order chi connectivity index (χ0) is 0. The van der Waals surface area contributed by atoms with Gasteiger partial charge < -0.3 is 5.48 Å². The number of hydrogen-bond acceptors (Lipinski definition) is 0. The SMILES string of the molecule is O.[Al].[MgH2].[Si]. The summed E-state index contributed by atoms with van der Waals surface area (Å²) >= 11 is 0. The molecule has 0 aromatic rings. The van der Waals surface area contributed by atoms with Gasteiger partial charge in [-0.05, 0) is 0 Å². The van der Waals surface area contributed by atoms with Crippen LogP contribution in [0.5, 0.6) is 0 Å². The molecule has 4 heteroatoms. The third-order valence-electron chi connectivity index (χ3n) is 0. The molecular formula is H4AlMgOSi. The van der Waals surface area contributed by atoms with Gasteiger partial charge in [-0.2, -0.15) is 0 Å². The van der Waals surface area contributed by atoms with E-state index in [9.17, 15) is 0 Å². The van der Waals surface area contributed by atoms with Gasteiger partial charge in [-0.1, -0.05) is 0 Å². The lowest BCUT2D eigenvalue weighted by Gasteiger charge is -0.412. The highest BCUT2D eigenvalue weighted by atomic mass is 28.1. The summed E-state index contributed by atoms with van der Waals surface area (Å²) in [5, 5.41) is 0. The van der Waals surface area contributed by atoms with Crippen LogP contribution in [-0.2, 0) is 0 Å². The fraction of sp³-hybridized carbons (Fsp3) is 0. The molecule has 0 saturated carbocycles. The maximum Gasteiger partial charge on any atom is 0.316 e. The Balaban J connectivity index is 0. The van der Waals surface area contributed by atoms with Crippen molar-refractivity contribution in [2.75, 3.05) is 0 Å². The van der Waals surface area contributed by atoms with Crippen molar-refractivity contribution in [1.82, 2.24) is 0 Å². The summed E-state index contributed by atoms with van der Waals surface area (Å²) in [6.45, 7) is 0. The van der Waals surface area contributed by atoms with E-state index in [1.807, 2.05) is 0 Å². The molecule has 0 aromatic heterocycles. The van der Waals surface area contributed by atoms with Gasteiger partial charge >= 0.3 is 23.1 Å². The molecule has 0 atom stereocenters. The van der Waals surface area contributed by atoms with E-state index in [1.54, 1.807) is 0 Å². The Morgan fingerprint density at radius 3 is 1.00 bits per heavy atom. The number of rotatable bonds is 0. The smallest absolute Gasteiger partial charge is 0.316 e. The van der Waals surface area contributed by atoms with Crippen LogP contribution in [-0.4, -0.2) is 56.9 Å². The fourth-order valence-electron chi connectivity index (χ4n) is 0. The number of hydrogen-bond donors (Lipinski definition) is 0. The van der Waals surface area contributed by atoms with Crippen LogP contribution in [0.25, 0.3) is 0 Å². The van der Waals surface area contributed by atoms with E-state index < -0.39 is 0 Å². The van der Waals surface area contributed by atoms with Crippen LogP contribution in [0.4, 0.5) is 0 Å². The second-order valence-corrected chi connectivity index (χ2v) is 0. The average Bonchev–Trinajstić information content (AvgIpc) is 0. The summed E-state index contributed by atoms with van der Waals surface area (Å²) in [5.41, 5.74) is 0. The van der Waals surface area contributed by atoms with Crippen molar-refractivity contribution in [2.45, 2.75) is 0 Å². The molecule has 2 N–H and O–H groups in total. The van der Waals surface area contributed by atoms with E-state index in [1.165, 1.54) is 0 Å². The molecule has 0 heterocycles. The molecule has 1 nitrogen and oxygen atoms in total. The van der Waals surface area contributed by atoms with E-state index >= 15 is 0 Å². The van der Waals surface area contributed by atoms with E-state index in [2.05, 4.69) is 0 Å². The zero-order valence-electron chi connectivity index (χ0n) is 1.58. The molecule has 0 unspecified atom stereocenters. The van der Waals surface area contributed by atoms with Gasteiger partial charge in [-0.3, -0.25) is 0 Å². The van der Waals surface area contributed by atoms with E-state index in [0.717, 1.165) is 0 Å². The molecule has 0 aliphatic carbocycles. The Hall–Kier alpha value is 1.48. The predicted octanol–water partition coefficient (Wildman–Crippen LogP) is -2.50. The Bertz CT molecular complexity index is 8.00. The second kappa shape index (κ2) is 24.8. The van der Waals surface area contributed by atoms with Gasteiger partial charge in [0.15, 0.2) is 0 Å². The lowest BCUT2D eigenvalue weighted by Crippen LogP contribution is -0.382. The molecule has 0 bridgehead atoms. The monoisotopic (exact) mass is 99.0 g/mol. The highest BCUT2D eigenvalue weighted by Gasteiger charge is 0.316. The lowest BCUT2D eigenvalue weighted by molar-refractivity contribution is 0.824. The summed E-state index contributed by atoms with van der Waals surface area (Å²) in [5.74, 6) is 0. The molecule has 0 aromatic carbocycles. The first kappa shape index (κ1) is 50.4. The first-order chi connectivity index (χ1) is 0. The van der Waals surface area contributed by atoms with Crippen LogP contribution in [0, 0.1) is 0 Å². The Morgan fingerprint density at radius 2 is 1.00 bits per heavy atom. The maximum atomic E-state index is 0. The molecule has 0 saturated heterocycles. The van der Waals surface area contributed by atoms with Crippen LogP contribution in [0.1, 0.15) is 0 Å². The van der Waals surface area contributed by atoms with Crippen LogP contribution in [0.2, 0.25) is 0 Å². The van der Waals surface area contributed by atoms with Crippen molar-refractivity contribution >= 4 is 51.4 Å². The minimum atomic E-state index is 0. The third kappa shape index (κ3) is 9.78. The average molecular weight is 99.4 g/mol. The highest BCUT2D eigenvalue weighted by Crippen LogP contribution is -0.289. The van der Waals surface area contributed by atoms with Crippen LogP contribution >= 0.6 is 0 Å². The fourth-order valence-corrected chi connectivity index (χ4v) is 0. The molecule has 0 aliphatic heterocycles. The largest absolute Gasteiger partial charge is 0.412 e. The molecule has 0 rings (SSSR count). The van der Waals surface area contributed by atoms with Gasteiger partial charge in [0.1, 0.15) is 0 Å². The third-order valence-corrected chi connectivity index (χ3v) is 0. The molecular weight excluding hydrogens is 95.4 g/mol. The lowest BCUT2D eigenvalue weighted by atomic mass is 16.0. The van der Waals surface area contributed by atoms with Crippen molar-refractivity contribution in [3.8, 4) is 0 Å². The maximum absolute atomic E-state index is 0. The Labute approximate surface area is 56.8 Å². The summed E-state index contributed by atoms with van der Waals surface area (Å²) in [6, 6.07) is 0. The van der Waals surface area contributed by atoms with Crippen molar-refractivity contribution in [3.63, 3.8) is 0 Å². The van der Waals surface area contributed by atoms with Gasteiger partial charge in [0.2, 0.25) is 0 Å². The Morgan fingerprint density at radius 1 is 1.00 bits per heavy atom. The molecule has 0 fully saturated rings. The quantitative estimate of drug-likeness (QED) is 0.301. The van der Waals surface area contributed by atoms with E-state index in [0.29, 0.717) is 0 Å². The minimum Gasteiger partial charge on any atom is -0.412 e. The Kier molecular flexibility index (Phi) is 313. The van der Waals surface area contributed by atoms with Crippen molar-refractivity contribution in [1.29, 1.82) is 0 Å². The van der Waals surface area contributed by atoms with Crippen molar-refractivity contribution in [3.05, 3.63) is 0 Å². The van der Waals surface area contributed by atoms with Crippen LogP contribution in [0.15, 0.2) is 0 Å². The normalized spacial score (nSPS) is 0. The standard InChI is InChI=1S/Al.Mg.H2O.Si.2H/h;;1H2;;;. The summed E-state index contributed by atoms with van der Waals surface area (Å²) in [7, 11) is 0.